The molecule has 0 aliphatic carbocycles. The number of anilines is 1. The molecule has 0 fully saturated rings. The first kappa shape index (κ1) is 19.1. The van der Waals surface area contributed by atoms with Gasteiger partial charge in [-0.1, -0.05) is 46.3 Å². The molecule has 1 heterocycles. The number of aromatic nitrogens is 1. The summed E-state index contributed by atoms with van der Waals surface area (Å²) in [6.45, 7) is 0. The number of nitriles is 2. The van der Waals surface area contributed by atoms with E-state index < -0.39 is 0 Å². The van der Waals surface area contributed by atoms with Crippen LogP contribution in [0, 0.1) is 28.1 Å². The Hall–Kier alpha value is -3.68. The highest BCUT2D eigenvalue weighted by atomic mass is 79.9. The summed E-state index contributed by atoms with van der Waals surface area (Å²) in [5.74, 6) is 0.220. The third-order valence-electron chi connectivity index (χ3n) is 3.98. The minimum Gasteiger partial charge on any atom is -0.439 e. The Balaban J connectivity index is 2.17. The highest BCUT2D eigenvalue weighted by Gasteiger charge is 2.23. The zero-order valence-corrected chi connectivity index (χ0v) is 16.2. The number of nitrogens with one attached hydrogen (secondary N) is 1. The minimum atomic E-state index is -0.230. The van der Waals surface area contributed by atoms with E-state index in [1.54, 1.807) is 24.3 Å². The summed E-state index contributed by atoms with van der Waals surface area (Å²) in [6.07, 6.45) is -0.0614. The van der Waals surface area contributed by atoms with Crippen molar-refractivity contribution in [2.45, 2.75) is 6.42 Å². The van der Waals surface area contributed by atoms with E-state index in [-0.39, 0.29) is 34.8 Å². The Morgan fingerprint density at radius 2 is 1.79 bits per heavy atom. The molecule has 3 N–H and O–H groups in total. The Labute approximate surface area is 170 Å². The van der Waals surface area contributed by atoms with Crippen LogP contribution < -0.4 is 10.5 Å². The van der Waals surface area contributed by atoms with Crippen molar-refractivity contribution in [2.24, 2.45) is 0 Å². The molecule has 0 aliphatic rings. The Bertz CT molecular complexity index is 1110. The molecule has 3 aromatic rings. The summed E-state index contributed by atoms with van der Waals surface area (Å²) in [7, 11) is 0. The summed E-state index contributed by atoms with van der Waals surface area (Å²) < 4.78 is 6.55. The van der Waals surface area contributed by atoms with Crippen molar-refractivity contribution >= 4 is 27.5 Å². The van der Waals surface area contributed by atoms with Crippen LogP contribution in [0.5, 0.6) is 5.75 Å². The van der Waals surface area contributed by atoms with Gasteiger partial charge in [-0.2, -0.15) is 10.5 Å². The van der Waals surface area contributed by atoms with Crippen LogP contribution >= 0.6 is 15.9 Å². The molecule has 0 saturated carbocycles. The third kappa shape index (κ3) is 3.85. The van der Waals surface area contributed by atoms with Gasteiger partial charge in [-0.25, -0.2) is 4.98 Å². The largest absolute Gasteiger partial charge is 0.439 e. The number of nitrogens with two attached hydrogens (primary N) is 1. The average Bonchev–Trinajstić information content (AvgIpc) is 2.70. The van der Waals surface area contributed by atoms with E-state index in [9.17, 15) is 5.26 Å². The summed E-state index contributed by atoms with van der Waals surface area (Å²) in [6, 6.07) is 20.2. The first-order valence-corrected chi connectivity index (χ1v) is 9.01. The molecule has 136 valence electrons. The van der Waals surface area contributed by atoms with E-state index in [0.717, 1.165) is 4.47 Å². The van der Waals surface area contributed by atoms with Gasteiger partial charge in [0.25, 0.3) is 0 Å². The van der Waals surface area contributed by atoms with Crippen molar-refractivity contribution in [3.63, 3.8) is 0 Å². The van der Waals surface area contributed by atoms with Gasteiger partial charge in [-0.05, 0) is 24.3 Å². The minimum absolute atomic E-state index is 0.0614. The predicted octanol–water partition coefficient (Wildman–Crippen LogP) is 4.44. The van der Waals surface area contributed by atoms with Crippen LogP contribution in [-0.2, 0) is 6.42 Å². The molecule has 6 nitrogen and oxygen atoms in total. The van der Waals surface area contributed by atoms with Crippen LogP contribution in [0.2, 0.25) is 0 Å². The molecule has 0 radical (unpaired) electrons. The van der Waals surface area contributed by atoms with E-state index in [0.29, 0.717) is 17.0 Å². The molecule has 0 aliphatic heterocycles. The van der Waals surface area contributed by atoms with Crippen molar-refractivity contribution in [1.29, 1.82) is 15.9 Å². The summed E-state index contributed by atoms with van der Waals surface area (Å²) in [5.41, 5.74) is 7.99. The smallest absolute Gasteiger partial charge is 0.223 e. The first-order chi connectivity index (χ1) is 13.5. The molecule has 0 saturated heterocycles. The van der Waals surface area contributed by atoms with Crippen molar-refractivity contribution in [3.8, 4) is 29.1 Å². The molecule has 0 bridgehead atoms. The Kier molecular flexibility index (Phi) is 5.69. The zero-order valence-electron chi connectivity index (χ0n) is 14.6. The second-order valence-electron chi connectivity index (χ2n) is 5.77. The number of hydrogen-bond donors (Lipinski definition) is 2. The van der Waals surface area contributed by atoms with Gasteiger partial charge < -0.3 is 10.5 Å². The molecular weight excluding hydrogens is 418 g/mol. The standard InChI is InChI=1S/C21H14BrN5O/c22-14-6-8-15(9-7-14)28-21(26)18-19(25)16(12-24)17(10-11-23)27-20(18)13-4-2-1-3-5-13/h1-9,26H,10H2,(H2,25,27). The van der Waals surface area contributed by atoms with Crippen LogP contribution in [0.15, 0.2) is 59.1 Å². The van der Waals surface area contributed by atoms with Crippen LogP contribution in [0.3, 0.4) is 0 Å². The van der Waals surface area contributed by atoms with Gasteiger partial charge in [0.05, 0.1) is 40.7 Å². The molecule has 0 amide bonds. The maximum absolute atomic E-state index is 9.52. The number of hydrogen-bond acceptors (Lipinski definition) is 6. The molecule has 1 aromatic heterocycles. The molecule has 0 spiro atoms. The number of nitrogen functional groups attached to an aromatic ring is 1. The van der Waals surface area contributed by atoms with E-state index in [1.807, 2.05) is 42.5 Å². The quantitative estimate of drug-likeness (QED) is 0.467. The Morgan fingerprint density at radius 3 is 2.39 bits per heavy atom. The molecule has 0 unspecified atom stereocenters. The van der Waals surface area contributed by atoms with Crippen LogP contribution in [0.25, 0.3) is 11.3 Å². The highest BCUT2D eigenvalue weighted by molar-refractivity contribution is 9.10. The molecule has 7 heteroatoms. The van der Waals surface area contributed by atoms with E-state index in [4.69, 9.17) is 21.1 Å². The molecule has 28 heavy (non-hydrogen) atoms. The summed E-state index contributed by atoms with van der Waals surface area (Å²) in [4.78, 5) is 4.49. The third-order valence-corrected chi connectivity index (χ3v) is 4.51. The number of nitrogens with zero attached hydrogens (tertiary/aromatic N) is 3. The number of pyridine rings is 1. The van der Waals surface area contributed by atoms with Gasteiger partial charge >= 0.3 is 0 Å². The Morgan fingerprint density at radius 1 is 1.11 bits per heavy atom. The van der Waals surface area contributed by atoms with Crippen molar-refractivity contribution in [2.75, 3.05) is 5.73 Å². The van der Waals surface area contributed by atoms with E-state index in [2.05, 4.69) is 20.9 Å². The van der Waals surface area contributed by atoms with E-state index in [1.165, 1.54) is 0 Å². The fraction of sp³-hybridized carbons (Fsp3) is 0.0476. The van der Waals surface area contributed by atoms with Crippen molar-refractivity contribution in [1.82, 2.24) is 4.98 Å². The van der Waals surface area contributed by atoms with Crippen molar-refractivity contribution in [3.05, 3.63) is 75.9 Å². The number of halogens is 1. The lowest BCUT2D eigenvalue weighted by molar-refractivity contribution is 0.548. The van der Waals surface area contributed by atoms with Crippen LogP contribution in [-0.4, -0.2) is 10.9 Å². The van der Waals surface area contributed by atoms with Crippen LogP contribution in [0.1, 0.15) is 16.8 Å². The first-order valence-electron chi connectivity index (χ1n) is 8.22. The number of ether oxygens (including phenoxy) is 1. The average molecular weight is 432 g/mol. The topological polar surface area (TPSA) is 120 Å². The van der Waals surface area contributed by atoms with Gasteiger partial charge in [-0.3, -0.25) is 5.41 Å². The lowest BCUT2D eigenvalue weighted by Gasteiger charge is -2.16. The van der Waals surface area contributed by atoms with Gasteiger partial charge in [0, 0.05) is 10.0 Å². The van der Waals surface area contributed by atoms with Gasteiger partial charge in [-0.15, -0.1) is 0 Å². The normalized spacial score (nSPS) is 9.96. The second-order valence-corrected chi connectivity index (χ2v) is 6.68. The lowest BCUT2D eigenvalue weighted by atomic mass is 9.99. The van der Waals surface area contributed by atoms with Gasteiger partial charge in [0.2, 0.25) is 5.90 Å². The van der Waals surface area contributed by atoms with Crippen molar-refractivity contribution < 1.29 is 4.74 Å². The second kappa shape index (κ2) is 8.34. The predicted molar refractivity (Wildman–Crippen MR) is 110 cm³/mol. The maximum atomic E-state index is 9.52. The summed E-state index contributed by atoms with van der Waals surface area (Å²) >= 11 is 3.35. The van der Waals surface area contributed by atoms with E-state index >= 15 is 0 Å². The number of rotatable bonds is 4. The molecular formula is C21H14BrN5O. The molecule has 2 aromatic carbocycles. The fourth-order valence-corrected chi connectivity index (χ4v) is 2.95. The molecule has 3 rings (SSSR count). The van der Waals surface area contributed by atoms with Crippen LogP contribution in [0.4, 0.5) is 5.69 Å². The fourth-order valence-electron chi connectivity index (χ4n) is 2.69. The number of benzene rings is 2. The summed E-state index contributed by atoms with van der Waals surface area (Å²) in [5, 5.41) is 27.1. The highest BCUT2D eigenvalue weighted by Crippen LogP contribution is 2.31. The van der Waals surface area contributed by atoms with Gasteiger partial charge in [0.1, 0.15) is 11.8 Å². The lowest BCUT2D eigenvalue weighted by Crippen LogP contribution is -2.17. The zero-order chi connectivity index (χ0) is 20.1. The monoisotopic (exact) mass is 431 g/mol. The maximum Gasteiger partial charge on any atom is 0.223 e. The van der Waals surface area contributed by atoms with Gasteiger partial charge in [0.15, 0.2) is 0 Å². The molecule has 0 atom stereocenters. The SMILES string of the molecule is N#CCc1nc(-c2ccccc2)c(C(=N)Oc2ccc(Br)cc2)c(N)c1C#N.